The summed E-state index contributed by atoms with van der Waals surface area (Å²) in [5.74, 6) is -1.63. The number of amides is 2. The minimum Gasteiger partial charge on any atom is -0.480 e. The Morgan fingerprint density at radius 1 is 1.14 bits per heavy atom. The molecule has 8 nitrogen and oxygen atoms in total. The number of rotatable bonds is 7. The van der Waals surface area contributed by atoms with Gasteiger partial charge in [-0.2, -0.15) is 0 Å². The Labute approximate surface area is 203 Å². The van der Waals surface area contributed by atoms with Gasteiger partial charge in [0.2, 0.25) is 5.91 Å². The molecule has 2 heterocycles. The first kappa shape index (κ1) is 23.1. The van der Waals surface area contributed by atoms with Crippen molar-refractivity contribution in [2.75, 3.05) is 13.2 Å². The van der Waals surface area contributed by atoms with Crippen molar-refractivity contribution in [3.05, 3.63) is 72.3 Å². The van der Waals surface area contributed by atoms with Gasteiger partial charge in [-0.15, -0.1) is 6.58 Å². The van der Waals surface area contributed by atoms with Gasteiger partial charge in [0, 0.05) is 18.9 Å². The smallest absolute Gasteiger partial charge is 0.407 e. The van der Waals surface area contributed by atoms with E-state index in [9.17, 15) is 19.5 Å². The maximum absolute atomic E-state index is 13.4. The fourth-order valence-corrected chi connectivity index (χ4v) is 5.63. The van der Waals surface area contributed by atoms with Crippen LogP contribution in [-0.2, 0) is 19.1 Å². The first-order chi connectivity index (χ1) is 17.0. The van der Waals surface area contributed by atoms with Gasteiger partial charge in [-0.25, -0.2) is 9.59 Å². The lowest BCUT2D eigenvalue weighted by molar-refractivity contribution is -0.150. The zero-order valence-corrected chi connectivity index (χ0v) is 19.3. The highest BCUT2D eigenvalue weighted by Crippen LogP contribution is 2.44. The molecule has 2 N–H and O–H groups in total. The molecule has 4 atom stereocenters. The molecular weight excluding hydrogens is 448 g/mol. The molecule has 8 heteroatoms. The number of fused-ring (bicyclic) bond motifs is 4. The van der Waals surface area contributed by atoms with Gasteiger partial charge in [0.25, 0.3) is 0 Å². The number of nitrogens with one attached hydrogen (secondary N) is 1. The van der Waals surface area contributed by atoms with Crippen molar-refractivity contribution in [2.24, 2.45) is 0 Å². The molecule has 0 aromatic heterocycles. The van der Waals surface area contributed by atoms with Crippen LogP contribution >= 0.6 is 0 Å². The fourth-order valence-electron chi connectivity index (χ4n) is 5.63. The summed E-state index contributed by atoms with van der Waals surface area (Å²) in [6.45, 7) is 4.30. The molecule has 3 aliphatic rings. The first-order valence-corrected chi connectivity index (χ1v) is 11.9. The minimum atomic E-state index is -1.07. The molecule has 2 aromatic carbocycles. The largest absolute Gasteiger partial charge is 0.480 e. The summed E-state index contributed by atoms with van der Waals surface area (Å²) in [5.41, 5.74) is 4.43. The topological polar surface area (TPSA) is 105 Å². The third-order valence-electron chi connectivity index (χ3n) is 7.20. The summed E-state index contributed by atoms with van der Waals surface area (Å²) >= 11 is 0. The van der Waals surface area contributed by atoms with Crippen molar-refractivity contribution < 1.29 is 29.0 Å². The highest BCUT2D eigenvalue weighted by atomic mass is 16.5. The molecular formula is C27H28N2O6. The van der Waals surface area contributed by atoms with Crippen molar-refractivity contribution in [1.82, 2.24) is 10.2 Å². The van der Waals surface area contributed by atoms with Crippen LogP contribution in [0, 0.1) is 0 Å². The van der Waals surface area contributed by atoms with Gasteiger partial charge in [0.05, 0.1) is 12.1 Å². The van der Waals surface area contributed by atoms with Crippen molar-refractivity contribution in [2.45, 2.75) is 49.4 Å². The van der Waals surface area contributed by atoms with Crippen molar-refractivity contribution >= 4 is 18.0 Å². The number of aliphatic carboxylic acids is 1. The lowest BCUT2D eigenvalue weighted by Gasteiger charge is -2.30. The van der Waals surface area contributed by atoms with E-state index in [1.165, 1.54) is 11.0 Å². The van der Waals surface area contributed by atoms with Crippen LogP contribution in [0.4, 0.5) is 4.79 Å². The number of carbonyl (C=O) groups is 3. The average molecular weight is 477 g/mol. The summed E-state index contributed by atoms with van der Waals surface area (Å²) in [6, 6.07) is 13.8. The number of nitrogens with zero attached hydrogens (tertiary/aromatic N) is 1. The summed E-state index contributed by atoms with van der Waals surface area (Å²) in [5, 5.41) is 12.3. The SMILES string of the molecule is C=CCC(NC(=O)OCC1c2ccccc2-c2ccccc21)C(=O)N1C(C(=O)O)CC2OCCC21. The Morgan fingerprint density at radius 2 is 1.80 bits per heavy atom. The van der Waals surface area contributed by atoms with E-state index < -0.39 is 30.1 Å². The molecule has 2 aromatic rings. The van der Waals surface area contributed by atoms with Gasteiger partial charge in [0.15, 0.2) is 0 Å². The molecule has 0 bridgehead atoms. The number of alkyl carbamates (subject to hydrolysis) is 1. The number of benzene rings is 2. The molecule has 0 radical (unpaired) electrons. The third kappa shape index (κ3) is 4.18. The normalized spacial score (nSPS) is 23.2. The zero-order valence-electron chi connectivity index (χ0n) is 19.3. The number of ether oxygens (including phenoxy) is 2. The van der Waals surface area contributed by atoms with E-state index in [1.807, 2.05) is 36.4 Å². The molecule has 2 amide bonds. The number of carboxylic acid groups (broad SMARTS) is 1. The quantitative estimate of drug-likeness (QED) is 0.594. The van der Waals surface area contributed by atoms with Crippen LogP contribution in [-0.4, -0.2) is 65.4 Å². The highest BCUT2D eigenvalue weighted by molar-refractivity contribution is 5.90. The van der Waals surface area contributed by atoms with E-state index >= 15 is 0 Å². The van der Waals surface area contributed by atoms with Gasteiger partial charge >= 0.3 is 12.1 Å². The second-order valence-electron chi connectivity index (χ2n) is 9.15. The Kier molecular flexibility index (Phi) is 6.30. The van der Waals surface area contributed by atoms with Crippen molar-refractivity contribution in [3.63, 3.8) is 0 Å². The monoisotopic (exact) mass is 476 g/mol. The van der Waals surface area contributed by atoms with Crippen LogP contribution in [0.3, 0.4) is 0 Å². The molecule has 35 heavy (non-hydrogen) atoms. The van der Waals surface area contributed by atoms with Gasteiger partial charge in [-0.1, -0.05) is 54.6 Å². The zero-order chi connectivity index (χ0) is 24.5. The van der Waals surface area contributed by atoms with E-state index in [4.69, 9.17) is 9.47 Å². The van der Waals surface area contributed by atoms with Crippen LogP contribution in [0.1, 0.15) is 36.3 Å². The van der Waals surface area contributed by atoms with Gasteiger partial charge in [-0.3, -0.25) is 4.79 Å². The first-order valence-electron chi connectivity index (χ1n) is 11.9. The number of carbonyl (C=O) groups excluding carboxylic acids is 2. The Bertz CT molecular complexity index is 1120. The summed E-state index contributed by atoms with van der Waals surface area (Å²) in [6.07, 6.45) is 1.49. The van der Waals surface area contributed by atoms with Gasteiger partial charge < -0.3 is 24.8 Å². The fraction of sp³-hybridized carbons (Fsp3) is 0.370. The highest BCUT2D eigenvalue weighted by Gasteiger charge is 2.51. The van der Waals surface area contributed by atoms with E-state index in [-0.39, 0.29) is 37.5 Å². The van der Waals surface area contributed by atoms with E-state index in [0.717, 1.165) is 22.3 Å². The van der Waals surface area contributed by atoms with E-state index in [1.54, 1.807) is 0 Å². The number of carboxylic acids is 1. The lowest BCUT2D eigenvalue weighted by atomic mass is 9.98. The molecule has 2 aliphatic heterocycles. The van der Waals surface area contributed by atoms with Crippen LogP contribution in [0.5, 0.6) is 0 Å². The second-order valence-corrected chi connectivity index (χ2v) is 9.15. The Hall–Kier alpha value is -3.65. The molecule has 2 fully saturated rings. The minimum absolute atomic E-state index is 0.104. The van der Waals surface area contributed by atoms with Crippen LogP contribution in [0.2, 0.25) is 0 Å². The van der Waals surface area contributed by atoms with Crippen LogP contribution in [0.25, 0.3) is 11.1 Å². The maximum atomic E-state index is 13.4. The Balaban J connectivity index is 1.28. The maximum Gasteiger partial charge on any atom is 0.407 e. The predicted molar refractivity (Wildman–Crippen MR) is 128 cm³/mol. The average Bonchev–Trinajstić information content (AvgIpc) is 3.54. The van der Waals surface area contributed by atoms with Crippen LogP contribution < -0.4 is 5.32 Å². The molecule has 0 spiro atoms. The summed E-state index contributed by atoms with van der Waals surface area (Å²) < 4.78 is 11.2. The standard InChI is InChI=1S/C27H28N2O6/c1-2-7-21(25(30)29-22-12-13-34-24(22)14-23(29)26(31)32)28-27(33)35-15-20-18-10-5-3-8-16(18)17-9-4-6-11-19(17)20/h2-6,8-11,20-24H,1,7,12-15H2,(H,28,33)(H,31,32). The predicted octanol–water partition coefficient (Wildman–Crippen LogP) is 3.31. The summed E-state index contributed by atoms with van der Waals surface area (Å²) in [4.78, 5) is 39.4. The molecule has 1 aliphatic carbocycles. The molecule has 4 unspecified atom stereocenters. The second kappa shape index (κ2) is 9.54. The van der Waals surface area contributed by atoms with E-state index in [2.05, 4.69) is 24.0 Å². The van der Waals surface area contributed by atoms with Crippen LogP contribution in [0.15, 0.2) is 61.2 Å². The van der Waals surface area contributed by atoms with Gasteiger partial charge in [-0.05, 0) is 35.1 Å². The number of likely N-dealkylation sites (tertiary alicyclic amines) is 1. The third-order valence-corrected chi connectivity index (χ3v) is 7.20. The number of hydrogen-bond donors (Lipinski definition) is 2. The van der Waals surface area contributed by atoms with Crippen molar-refractivity contribution in [1.29, 1.82) is 0 Å². The molecule has 2 saturated heterocycles. The molecule has 0 saturated carbocycles. The van der Waals surface area contributed by atoms with Gasteiger partial charge in [0.1, 0.15) is 18.7 Å². The molecule has 5 rings (SSSR count). The summed E-state index contributed by atoms with van der Waals surface area (Å²) in [7, 11) is 0. The molecule has 182 valence electrons. The lowest BCUT2D eigenvalue weighted by Crippen LogP contribution is -2.54. The number of hydrogen-bond acceptors (Lipinski definition) is 5. The Morgan fingerprint density at radius 3 is 2.43 bits per heavy atom. The van der Waals surface area contributed by atoms with E-state index in [0.29, 0.717) is 13.0 Å². The van der Waals surface area contributed by atoms with Crippen molar-refractivity contribution in [3.8, 4) is 11.1 Å².